The standard InChI is InChI=1S/C16H18BrNO3/c1-2-21-14(20)16-8-15(9-16,10-16)13(19)18-7-11-4-3-5-12(17)6-11/h3-6H,2,7-10H2,1H3,(H,18,19). The van der Waals surface area contributed by atoms with E-state index in [0.717, 1.165) is 10.0 Å². The van der Waals surface area contributed by atoms with Crippen LogP contribution in [0.1, 0.15) is 31.7 Å². The van der Waals surface area contributed by atoms with Gasteiger partial charge in [0.1, 0.15) is 0 Å². The van der Waals surface area contributed by atoms with E-state index < -0.39 is 0 Å². The number of hydrogen-bond acceptors (Lipinski definition) is 3. The summed E-state index contributed by atoms with van der Waals surface area (Å²) in [4.78, 5) is 24.1. The number of hydrogen-bond donors (Lipinski definition) is 1. The molecular weight excluding hydrogens is 334 g/mol. The molecule has 0 spiro atoms. The molecule has 0 heterocycles. The van der Waals surface area contributed by atoms with Crippen molar-refractivity contribution in [3.63, 3.8) is 0 Å². The summed E-state index contributed by atoms with van der Waals surface area (Å²) < 4.78 is 6.08. The van der Waals surface area contributed by atoms with E-state index in [1.54, 1.807) is 0 Å². The Kier molecular flexibility index (Phi) is 3.56. The van der Waals surface area contributed by atoms with Gasteiger partial charge in [-0.25, -0.2) is 0 Å². The second-order valence-electron chi connectivity index (χ2n) is 6.12. The van der Waals surface area contributed by atoms with E-state index in [4.69, 9.17) is 4.74 Å². The molecule has 2 bridgehead atoms. The molecule has 3 saturated carbocycles. The highest BCUT2D eigenvalue weighted by Gasteiger charge is 2.75. The van der Waals surface area contributed by atoms with Gasteiger partial charge in [0, 0.05) is 11.0 Å². The molecule has 5 heteroatoms. The van der Waals surface area contributed by atoms with Crippen LogP contribution in [0.25, 0.3) is 0 Å². The fraction of sp³-hybridized carbons (Fsp3) is 0.500. The fourth-order valence-electron chi connectivity index (χ4n) is 3.55. The van der Waals surface area contributed by atoms with E-state index in [9.17, 15) is 9.59 Å². The summed E-state index contributed by atoms with van der Waals surface area (Å²) >= 11 is 3.41. The summed E-state index contributed by atoms with van der Waals surface area (Å²) in [6, 6.07) is 7.87. The van der Waals surface area contributed by atoms with Crippen molar-refractivity contribution >= 4 is 27.8 Å². The van der Waals surface area contributed by atoms with E-state index in [1.165, 1.54) is 0 Å². The van der Waals surface area contributed by atoms with Crippen molar-refractivity contribution in [2.75, 3.05) is 6.61 Å². The molecule has 0 aliphatic heterocycles. The van der Waals surface area contributed by atoms with Crippen LogP contribution in [-0.4, -0.2) is 18.5 Å². The molecule has 3 aliphatic carbocycles. The van der Waals surface area contributed by atoms with E-state index in [-0.39, 0.29) is 22.7 Å². The minimum atomic E-state index is -0.358. The number of esters is 1. The Morgan fingerprint density at radius 2 is 2.00 bits per heavy atom. The maximum Gasteiger partial charge on any atom is 0.312 e. The lowest BCUT2D eigenvalue weighted by molar-refractivity contribution is -0.224. The van der Waals surface area contributed by atoms with Gasteiger partial charge in [0.2, 0.25) is 5.91 Å². The Morgan fingerprint density at radius 1 is 1.29 bits per heavy atom. The monoisotopic (exact) mass is 351 g/mol. The molecule has 1 aromatic carbocycles. The average Bonchev–Trinajstić information content (AvgIpc) is 2.33. The van der Waals surface area contributed by atoms with Gasteiger partial charge in [-0.15, -0.1) is 0 Å². The molecule has 112 valence electrons. The first-order valence-corrected chi connectivity index (χ1v) is 7.99. The van der Waals surface area contributed by atoms with Crippen LogP contribution in [0.3, 0.4) is 0 Å². The first-order valence-electron chi connectivity index (χ1n) is 7.20. The Morgan fingerprint density at radius 3 is 2.62 bits per heavy atom. The van der Waals surface area contributed by atoms with E-state index in [2.05, 4.69) is 21.2 Å². The summed E-state index contributed by atoms with van der Waals surface area (Å²) in [7, 11) is 0. The summed E-state index contributed by atoms with van der Waals surface area (Å²) in [5, 5.41) is 2.98. The number of ether oxygens (including phenoxy) is 1. The number of amides is 1. The first-order chi connectivity index (χ1) is 10.00. The van der Waals surface area contributed by atoms with Crippen LogP contribution in [0.15, 0.2) is 28.7 Å². The topological polar surface area (TPSA) is 55.4 Å². The van der Waals surface area contributed by atoms with Crippen molar-refractivity contribution < 1.29 is 14.3 Å². The first kappa shape index (κ1) is 14.6. The van der Waals surface area contributed by atoms with Gasteiger partial charge in [0.05, 0.1) is 17.4 Å². The molecule has 0 saturated heterocycles. The van der Waals surface area contributed by atoms with E-state index in [0.29, 0.717) is 32.4 Å². The number of carbonyl (C=O) groups is 2. The quantitative estimate of drug-likeness (QED) is 0.829. The lowest BCUT2D eigenvalue weighted by Gasteiger charge is -2.66. The predicted molar refractivity (Wildman–Crippen MR) is 81.3 cm³/mol. The second-order valence-corrected chi connectivity index (χ2v) is 7.04. The van der Waals surface area contributed by atoms with Gasteiger partial charge in [-0.3, -0.25) is 9.59 Å². The third-order valence-electron chi connectivity index (χ3n) is 4.56. The molecule has 3 aliphatic rings. The van der Waals surface area contributed by atoms with Crippen LogP contribution < -0.4 is 5.32 Å². The minimum Gasteiger partial charge on any atom is -0.466 e. The van der Waals surface area contributed by atoms with Crippen molar-refractivity contribution in [1.29, 1.82) is 0 Å². The lowest BCUT2D eigenvalue weighted by Crippen LogP contribution is -2.70. The molecule has 0 radical (unpaired) electrons. The van der Waals surface area contributed by atoms with Gasteiger partial charge in [-0.2, -0.15) is 0 Å². The highest BCUT2D eigenvalue weighted by atomic mass is 79.9. The molecule has 4 nitrogen and oxygen atoms in total. The zero-order valence-corrected chi connectivity index (χ0v) is 13.5. The fourth-order valence-corrected chi connectivity index (χ4v) is 3.99. The Labute approximate surface area is 132 Å². The average molecular weight is 352 g/mol. The molecule has 0 unspecified atom stereocenters. The molecule has 3 fully saturated rings. The van der Waals surface area contributed by atoms with Crippen molar-refractivity contribution in [3.8, 4) is 0 Å². The number of nitrogens with one attached hydrogen (secondary N) is 1. The molecule has 4 rings (SSSR count). The van der Waals surface area contributed by atoms with Crippen LogP contribution in [-0.2, 0) is 20.9 Å². The maximum absolute atomic E-state index is 12.3. The molecule has 1 N–H and O–H groups in total. The van der Waals surface area contributed by atoms with Gasteiger partial charge in [0.15, 0.2) is 0 Å². The summed E-state index contributed by atoms with van der Waals surface area (Å²) in [5.41, 5.74) is 0.381. The van der Waals surface area contributed by atoms with Gasteiger partial charge in [0.25, 0.3) is 0 Å². The molecular formula is C16H18BrNO3. The number of carbonyl (C=O) groups excluding carboxylic acids is 2. The summed E-state index contributed by atoms with van der Waals surface area (Å²) in [6.45, 7) is 2.74. The minimum absolute atomic E-state index is 0.0636. The Balaban J connectivity index is 1.52. The molecule has 0 aromatic heterocycles. The third-order valence-corrected chi connectivity index (χ3v) is 5.06. The van der Waals surface area contributed by atoms with Crippen LogP contribution in [0.5, 0.6) is 0 Å². The van der Waals surface area contributed by atoms with Crippen LogP contribution >= 0.6 is 15.9 Å². The highest BCUT2D eigenvalue weighted by Crippen LogP contribution is 2.73. The van der Waals surface area contributed by atoms with E-state index in [1.807, 2.05) is 31.2 Å². The molecule has 0 atom stereocenters. The number of rotatable bonds is 5. The maximum atomic E-state index is 12.3. The molecule has 21 heavy (non-hydrogen) atoms. The smallest absolute Gasteiger partial charge is 0.312 e. The van der Waals surface area contributed by atoms with Crippen molar-refractivity contribution in [2.45, 2.75) is 32.7 Å². The second kappa shape index (κ2) is 5.13. The van der Waals surface area contributed by atoms with Crippen molar-refractivity contribution in [2.24, 2.45) is 10.8 Å². The Bertz CT molecular complexity index is 579. The SMILES string of the molecule is CCOC(=O)C12CC(C(=O)NCc3cccc(Br)c3)(C1)C2. The largest absolute Gasteiger partial charge is 0.466 e. The Hall–Kier alpha value is -1.36. The van der Waals surface area contributed by atoms with E-state index >= 15 is 0 Å². The van der Waals surface area contributed by atoms with Crippen LogP contribution in [0, 0.1) is 10.8 Å². The molecule has 1 aromatic rings. The van der Waals surface area contributed by atoms with Gasteiger partial charge in [-0.05, 0) is 43.9 Å². The van der Waals surface area contributed by atoms with Gasteiger partial charge < -0.3 is 10.1 Å². The van der Waals surface area contributed by atoms with Crippen molar-refractivity contribution in [1.82, 2.24) is 5.32 Å². The van der Waals surface area contributed by atoms with Crippen molar-refractivity contribution in [3.05, 3.63) is 34.3 Å². The van der Waals surface area contributed by atoms with Crippen LogP contribution in [0.2, 0.25) is 0 Å². The predicted octanol–water partition coefficient (Wildman–Crippen LogP) is 2.80. The zero-order chi connectivity index (χ0) is 15.1. The highest BCUT2D eigenvalue weighted by molar-refractivity contribution is 9.10. The number of halogens is 1. The third kappa shape index (κ3) is 2.37. The molecule has 1 amide bonds. The number of benzene rings is 1. The normalized spacial score (nSPS) is 29.0. The van der Waals surface area contributed by atoms with Gasteiger partial charge >= 0.3 is 5.97 Å². The van der Waals surface area contributed by atoms with Gasteiger partial charge in [-0.1, -0.05) is 28.1 Å². The van der Waals surface area contributed by atoms with Crippen LogP contribution in [0.4, 0.5) is 0 Å². The summed E-state index contributed by atoms with van der Waals surface area (Å²) in [5.74, 6) is -0.0692. The zero-order valence-electron chi connectivity index (χ0n) is 11.9. The lowest BCUT2D eigenvalue weighted by atomic mass is 9.35. The summed E-state index contributed by atoms with van der Waals surface area (Å²) in [6.07, 6.45) is 1.93.